The van der Waals surface area contributed by atoms with Gasteiger partial charge in [0.25, 0.3) is 0 Å². The first kappa shape index (κ1) is 15.9. The number of aromatic amines is 1. The minimum Gasteiger partial charge on any atom is -0.369 e. The monoisotopic (exact) mass is 349 g/mol. The molecule has 2 heterocycles. The summed E-state index contributed by atoms with van der Waals surface area (Å²) in [5.41, 5.74) is 1.45. The number of anilines is 1. The summed E-state index contributed by atoms with van der Waals surface area (Å²) in [5.74, 6) is 0.0960. The summed E-state index contributed by atoms with van der Waals surface area (Å²) in [6.07, 6.45) is -2.30. The Balaban J connectivity index is 1.71. The zero-order chi connectivity index (χ0) is 17.6. The van der Waals surface area contributed by atoms with Crippen LogP contribution in [0.15, 0.2) is 36.4 Å². The zero-order valence-electron chi connectivity index (χ0n) is 13.2. The Labute approximate surface area is 141 Å². The van der Waals surface area contributed by atoms with Crippen molar-refractivity contribution in [3.05, 3.63) is 47.8 Å². The van der Waals surface area contributed by atoms with E-state index in [0.29, 0.717) is 28.1 Å². The number of H-pyrrole nitrogens is 1. The fourth-order valence-corrected chi connectivity index (χ4v) is 3.17. The zero-order valence-corrected chi connectivity index (χ0v) is 13.2. The SMILES string of the molecule is Fc1cc2[nH]c(-c3ccc(C(F)(F)F)cc3)nc2cc1N1CCCC1. The molecule has 0 amide bonds. The van der Waals surface area contributed by atoms with Crippen molar-refractivity contribution >= 4 is 16.7 Å². The number of imidazole rings is 1. The maximum atomic E-state index is 14.4. The van der Waals surface area contributed by atoms with Crippen molar-refractivity contribution in [2.75, 3.05) is 18.0 Å². The largest absolute Gasteiger partial charge is 0.416 e. The average molecular weight is 349 g/mol. The molecule has 0 atom stereocenters. The molecule has 0 radical (unpaired) electrons. The Morgan fingerprint density at radius 1 is 1.00 bits per heavy atom. The van der Waals surface area contributed by atoms with Crippen LogP contribution >= 0.6 is 0 Å². The third kappa shape index (κ3) is 2.94. The van der Waals surface area contributed by atoms with Crippen molar-refractivity contribution in [1.82, 2.24) is 9.97 Å². The normalized spacial score (nSPS) is 15.3. The minimum absolute atomic E-state index is 0.322. The molecule has 0 unspecified atom stereocenters. The highest BCUT2D eigenvalue weighted by atomic mass is 19.4. The Morgan fingerprint density at radius 3 is 2.32 bits per heavy atom. The van der Waals surface area contributed by atoms with E-state index in [9.17, 15) is 17.6 Å². The van der Waals surface area contributed by atoms with Crippen molar-refractivity contribution < 1.29 is 17.6 Å². The Morgan fingerprint density at radius 2 is 1.68 bits per heavy atom. The van der Waals surface area contributed by atoms with Crippen LogP contribution in [0.5, 0.6) is 0 Å². The summed E-state index contributed by atoms with van der Waals surface area (Å²) in [5, 5.41) is 0. The summed E-state index contributed by atoms with van der Waals surface area (Å²) in [7, 11) is 0. The summed E-state index contributed by atoms with van der Waals surface area (Å²) in [6.45, 7) is 1.64. The number of aromatic nitrogens is 2. The molecule has 1 N–H and O–H groups in total. The maximum Gasteiger partial charge on any atom is 0.416 e. The molecular formula is C18H15F4N3. The molecule has 2 aromatic carbocycles. The van der Waals surface area contributed by atoms with Gasteiger partial charge in [0.2, 0.25) is 0 Å². The standard InChI is InChI=1S/C18H15F4N3/c19-13-9-14-15(10-16(13)25-7-1-2-8-25)24-17(23-14)11-3-5-12(6-4-11)18(20,21)22/h3-6,9-10H,1-2,7-8H2,(H,23,24). The molecule has 0 bridgehead atoms. The van der Waals surface area contributed by atoms with Crippen LogP contribution in [0, 0.1) is 5.82 Å². The third-order valence-corrected chi connectivity index (χ3v) is 4.48. The molecule has 0 spiro atoms. The maximum absolute atomic E-state index is 14.4. The van der Waals surface area contributed by atoms with Crippen LogP contribution < -0.4 is 4.90 Å². The number of alkyl halides is 3. The minimum atomic E-state index is -4.37. The van der Waals surface area contributed by atoms with Crippen LogP contribution in [0.25, 0.3) is 22.4 Å². The first-order valence-corrected chi connectivity index (χ1v) is 8.04. The van der Waals surface area contributed by atoms with Crippen molar-refractivity contribution in [3.63, 3.8) is 0 Å². The van der Waals surface area contributed by atoms with Crippen molar-refractivity contribution in [2.24, 2.45) is 0 Å². The lowest BCUT2D eigenvalue weighted by Gasteiger charge is -2.17. The number of rotatable bonds is 2. The van der Waals surface area contributed by atoms with Gasteiger partial charge in [0, 0.05) is 24.7 Å². The van der Waals surface area contributed by atoms with Gasteiger partial charge in [-0.25, -0.2) is 9.37 Å². The summed E-state index contributed by atoms with van der Waals surface area (Å²) >= 11 is 0. The lowest BCUT2D eigenvalue weighted by atomic mass is 10.1. The van der Waals surface area contributed by atoms with E-state index in [1.165, 1.54) is 18.2 Å². The molecule has 1 aliphatic heterocycles. The van der Waals surface area contributed by atoms with Crippen LogP contribution in [0.2, 0.25) is 0 Å². The highest BCUT2D eigenvalue weighted by molar-refractivity contribution is 5.83. The number of hydrogen-bond acceptors (Lipinski definition) is 2. The second-order valence-corrected chi connectivity index (χ2v) is 6.18. The van der Waals surface area contributed by atoms with E-state index < -0.39 is 11.7 Å². The average Bonchev–Trinajstić information content (AvgIpc) is 3.22. The van der Waals surface area contributed by atoms with Crippen LogP contribution in [-0.4, -0.2) is 23.1 Å². The van der Waals surface area contributed by atoms with Gasteiger partial charge in [-0.05, 0) is 31.0 Å². The molecule has 3 nitrogen and oxygen atoms in total. The van der Waals surface area contributed by atoms with E-state index in [1.807, 2.05) is 4.90 Å². The fraction of sp³-hybridized carbons (Fsp3) is 0.278. The highest BCUT2D eigenvalue weighted by Gasteiger charge is 2.30. The smallest absolute Gasteiger partial charge is 0.369 e. The second-order valence-electron chi connectivity index (χ2n) is 6.18. The number of nitrogens with zero attached hydrogens (tertiary/aromatic N) is 2. The molecule has 25 heavy (non-hydrogen) atoms. The number of nitrogens with one attached hydrogen (secondary N) is 1. The predicted molar refractivity (Wildman–Crippen MR) is 87.9 cm³/mol. The van der Waals surface area contributed by atoms with Gasteiger partial charge in [0.1, 0.15) is 11.6 Å². The van der Waals surface area contributed by atoms with E-state index in [-0.39, 0.29) is 5.82 Å². The highest BCUT2D eigenvalue weighted by Crippen LogP contribution is 2.32. The van der Waals surface area contributed by atoms with Crippen LogP contribution in [0.4, 0.5) is 23.2 Å². The molecule has 1 fully saturated rings. The number of fused-ring (bicyclic) bond motifs is 1. The summed E-state index contributed by atoms with van der Waals surface area (Å²) < 4.78 is 52.3. The van der Waals surface area contributed by atoms with E-state index in [2.05, 4.69) is 9.97 Å². The molecule has 1 aliphatic rings. The fourth-order valence-electron chi connectivity index (χ4n) is 3.17. The Kier molecular flexibility index (Phi) is 3.67. The lowest BCUT2D eigenvalue weighted by molar-refractivity contribution is -0.137. The quantitative estimate of drug-likeness (QED) is 0.661. The molecule has 4 rings (SSSR count). The van der Waals surface area contributed by atoms with Gasteiger partial charge in [-0.15, -0.1) is 0 Å². The van der Waals surface area contributed by atoms with Crippen molar-refractivity contribution in [3.8, 4) is 11.4 Å². The first-order valence-electron chi connectivity index (χ1n) is 8.04. The second kappa shape index (κ2) is 5.75. The lowest BCUT2D eigenvalue weighted by Crippen LogP contribution is -2.18. The molecule has 7 heteroatoms. The molecule has 1 saturated heterocycles. The van der Waals surface area contributed by atoms with Gasteiger partial charge >= 0.3 is 6.18 Å². The number of hydrogen-bond donors (Lipinski definition) is 1. The predicted octanol–water partition coefficient (Wildman–Crippen LogP) is 4.99. The van der Waals surface area contributed by atoms with Gasteiger partial charge in [0.05, 0.1) is 22.3 Å². The Hall–Kier alpha value is -2.57. The molecule has 3 aromatic rings. The van der Waals surface area contributed by atoms with Crippen molar-refractivity contribution in [1.29, 1.82) is 0 Å². The van der Waals surface area contributed by atoms with E-state index >= 15 is 0 Å². The van der Waals surface area contributed by atoms with E-state index in [0.717, 1.165) is 38.1 Å². The first-order chi connectivity index (χ1) is 11.9. The van der Waals surface area contributed by atoms with Crippen LogP contribution in [0.1, 0.15) is 18.4 Å². The topological polar surface area (TPSA) is 31.9 Å². The summed E-state index contributed by atoms with van der Waals surface area (Å²) in [4.78, 5) is 9.38. The molecule has 1 aromatic heterocycles. The Bertz CT molecular complexity index is 906. The van der Waals surface area contributed by atoms with Gasteiger partial charge in [0.15, 0.2) is 0 Å². The van der Waals surface area contributed by atoms with E-state index in [1.54, 1.807) is 6.07 Å². The number of halogens is 4. The van der Waals surface area contributed by atoms with Crippen molar-refractivity contribution in [2.45, 2.75) is 19.0 Å². The van der Waals surface area contributed by atoms with Crippen LogP contribution in [0.3, 0.4) is 0 Å². The van der Waals surface area contributed by atoms with Gasteiger partial charge in [-0.2, -0.15) is 13.2 Å². The van der Waals surface area contributed by atoms with Gasteiger partial charge in [-0.1, -0.05) is 12.1 Å². The molecule has 0 aliphatic carbocycles. The third-order valence-electron chi connectivity index (χ3n) is 4.48. The summed E-state index contributed by atoms with van der Waals surface area (Å²) in [6, 6.07) is 7.83. The van der Waals surface area contributed by atoms with Gasteiger partial charge in [-0.3, -0.25) is 0 Å². The van der Waals surface area contributed by atoms with E-state index in [4.69, 9.17) is 0 Å². The number of benzene rings is 2. The van der Waals surface area contributed by atoms with Gasteiger partial charge < -0.3 is 9.88 Å². The molecular weight excluding hydrogens is 334 g/mol. The molecule has 0 saturated carbocycles. The van der Waals surface area contributed by atoms with Crippen LogP contribution in [-0.2, 0) is 6.18 Å². The molecule has 130 valence electrons.